The van der Waals surface area contributed by atoms with Gasteiger partial charge in [0.2, 0.25) is 5.79 Å². The van der Waals surface area contributed by atoms with Gasteiger partial charge in [0, 0.05) is 25.6 Å². The Labute approximate surface area is 69.3 Å². The number of hydrogen-bond acceptors (Lipinski definition) is 2. The van der Waals surface area contributed by atoms with Crippen LogP contribution in [0.2, 0.25) is 0 Å². The molecule has 58 valence electrons. The number of ether oxygens (including phenoxy) is 2. The zero-order chi connectivity index (χ0) is 7.61. The van der Waals surface area contributed by atoms with Crippen LogP contribution in [0.5, 0.6) is 0 Å². The molecular weight excluding hydrogens is 196 g/mol. The maximum absolute atomic E-state index is 5.40. The van der Waals surface area contributed by atoms with Crippen molar-refractivity contribution in [1.82, 2.24) is 0 Å². The van der Waals surface area contributed by atoms with Crippen LogP contribution in [-0.2, 0) is 9.47 Å². The summed E-state index contributed by atoms with van der Waals surface area (Å²) < 4.78 is 10.6. The standard InChI is InChI=1S/C7H11BrO2/c1-7(2)9-5-6(10-7)3-4-8/h5H,3-4H2,1-2H3. The molecule has 1 rings (SSSR count). The van der Waals surface area contributed by atoms with Gasteiger partial charge in [0.25, 0.3) is 0 Å². The Kier molecular flexibility index (Phi) is 2.24. The summed E-state index contributed by atoms with van der Waals surface area (Å²) in [5.41, 5.74) is 0. The molecule has 1 aliphatic rings. The topological polar surface area (TPSA) is 18.5 Å². The molecule has 0 bridgehead atoms. The molecule has 0 aliphatic carbocycles. The van der Waals surface area contributed by atoms with Gasteiger partial charge in [0.05, 0.1) is 0 Å². The van der Waals surface area contributed by atoms with Crippen molar-refractivity contribution in [3.05, 3.63) is 12.0 Å². The molecule has 0 aromatic heterocycles. The molecule has 0 aromatic carbocycles. The number of halogens is 1. The van der Waals surface area contributed by atoms with E-state index in [1.54, 1.807) is 6.26 Å². The molecule has 0 N–H and O–H groups in total. The van der Waals surface area contributed by atoms with E-state index in [0.29, 0.717) is 0 Å². The molecule has 0 spiro atoms. The monoisotopic (exact) mass is 206 g/mol. The summed E-state index contributed by atoms with van der Waals surface area (Å²) in [6.45, 7) is 3.79. The van der Waals surface area contributed by atoms with Crippen molar-refractivity contribution in [3.63, 3.8) is 0 Å². The van der Waals surface area contributed by atoms with Crippen molar-refractivity contribution < 1.29 is 9.47 Å². The highest BCUT2D eigenvalue weighted by Crippen LogP contribution is 2.26. The fourth-order valence-electron chi connectivity index (χ4n) is 0.775. The van der Waals surface area contributed by atoms with Gasteiger partial charge in [0.1, 0.15) is 12.0 Å². The third-order valence-electron chi connectivity index (χ3n) is 1.19. The van der Waals surface area contributed by atoms with E-state index in [4.69, 9.17) is 9.47 Å². The molecule has 0 unspecified atom stereocenters. The molecule has 10 heavy (non-hydrogen) atoms. The lowest BCUT2D eigenvalue weighted by molar-refractivity contribution is -0.117. The third-order valence-corrected chi connectivity index (χ3v) is 1.59. The van der Waals surface area contributed by atoms with Crippen LogP contribution >= 0.6 is 15.9 Å². The molecule has 0 aromatic rings. The van der Waals surface area contributed by atoms with Crippen molar-refractivity contribution in [1.29, 1.82) is 0 Å². The minimum Gasteiger partial charge on any atom is -0.457 e. The Bertz CT molecular complexity index is 152. The fourth-order valence-corrected chi connectivity index (χ4v) is 1.17. The Morgan fingerprint density at radius 2 is 2.30 bits per heavy atom. The smallest absolute Gasteiger partial charge is 0.244 e. The quantitative estimate of drug-likeness (QED) is 0.647. The molecule has 0 atom stereocenters. The van der Waals surface area contributed by atoms with Crippen LogP contribution < -0.4 is 0 Å². The Balaban J connectivity index is 2.39. The molecular formula is C7H11BrO2. The Morgan fingerprint density at radius 3 is 2.70 bits per heavy atom. The van der Waals surface area contributed by atoms with Crippen LogP contribution in [0.25, 0.3) is 0 Å². The first-order chi connectivity index (χ1) is 4.64. The van der Waals surface area contributed by atoms with E-state index in [9.17, 15) is 0 Å². The largest absolute Gasteiger partial charge is 0.457 e. The fraction of sp³-hybridized carbons (Fsp3) is 0.714. The molecule has 0 saturated carbocycles. The van der Waals surface area contributed by atoms with E-state index in [1.807, 2.05) is 13.8 Å². The molecule has 0 amide bonds. The van der Waals surface area contributed by atoms with Crippen LogP contribution in [0.15, 0.2) is 12.0 Å². The Morgan fingerprint density at radius 1 is 1.60 bits per heavy atom. The predicted octanol–water partition coefficient (Wildman–Crippen LogP) is 2.40. The summed E-state index contributed by atoms with van der Waals surface area (Å²) in [5.74, 6) is 0.471. The zero-order valence-electron chi connectivity index (χ0n) is 6.19. The molecule has 1 aliphatic heterocycles. The van der Waals surface area contributed by atoms with E-state index in [1.165, 1.54) is 0 Å². The summed E-state index contributed by atoms with van der Waals surface area (Å²) in [4.78, 5) is 0. The van der Waals surface area contributed by atoms with Crippen LogP contribution in [0.4, 0.5) is 0 Å². The first-order valence-electron chi connectivity index (χ1n) is 3.26. The second kappa shape index (κ2) is 2.82. The van der Waals surface area contributed by atoms with Gasteiger partial charge in [-0.2, -0.15) is 0 Å². The van der Waals surface area contributed by atoms with Crippen molar-refractivity contribution in [2.75, 3.05) is 5.33 Å². The average molecular weight is 207 g/mol. The second-order valence-corrected chi connectivity index (χ2v) is 3.44. The molecule has 1 heterocycles. The molecule has 2 nitrogen and oxygen atoms in total. The number of hydrogen-bond donors (Lipinski definition) is 0. The minimum absolute atomic E-state index is 0.447. The average Bonchev–Trinajstić information content (AvgIpc) is 2.12. The first-order valence-corrected chi connectivity index (χ1v) is 4.38. The third kappa shape index (κ3) is 1.90. The van der Waals surface area contributed by atoms with Crippen LogP contribution in [0, 0.1) is 0 Å². The van der Waals surface area contributed by atoms with Gasteiger partial charge in [-0.15, -0.1) is 0 Å². The lowest BCUT2D eigenvalue weighted by Gasteiger charge is -2.17. The van der Waals surface area contributed by atoms with Crippen LogP contribution in [0.1, 0.15) is 20.3 Å². The summed E-state index contributed by atoms with van der Waals surface area (Å²) in [6, 6.07) is 0. The highest BCUT2D eigenvalue weighted by Gasteiger charge is 2.26. The predicted molar refractivity (Wildman–Crippen MR) is 42.7 cm³/mol. The lowest BCUT2D eigenvalue weighted by Crippen LogP contribution is -2.20. The SMILES string of the molecule is CC1(C)OC=C(CCBr)O1. The van der Waals surface area contributed by atoms with E-state index < -0.39 is 5.79 Å². The van der Waals surface area contributed by atoms with Gasteiger partial charge >= 0.3 is 0 Å². The summed E-state index contributed by atoms with van der Waals surface area (Å²) in [5, 5.41) is 0.915. The Hall–Kier alpha value is -0.180. The van der Waals surface area contributed by atoms with Crippen molar-refractivity contribution in [3.8, 4) is 0 Å². The lowest BCUT2D eigenvalue weighted by atomic mass is 10.4. The van der Waals surface area contributed by atoms with Gasteiger partial charge in [-0.05, 0) is 0 Å². The van der Waals surface area contributed by atoms with E-state index in [0.717, 1.165) is 17.5 Å². The number of rotatable bonds is 2. The second-order valence-electron chi connectivity index (χ2n) is 2.64. The van der Waals surface area contributed by atoms with Gasteiger partial charge in [-0.25, -0.2) is 0 Å². The van der Waals surface area contributed by atoms with E-state index >= 15 is 0 Å². The van der Waals surface area contributed by atoms with Gasteiger partial charge in [-0.3, -0.25) is 0 Å². The summed E-state index contributed by atoms with van der Waals surface area (Å²) >= 11 is 3.32. The number of alkyl halides is 1. The summed E-state index contributed by atoms with van der Waals surface area (Å²) in [6.07, 6.45) is 2.57. The van der Waals surface area contributed by atoms with Crippen molar-refractivity contribution in [2.45, 2.75) is 26.1 Å². The highest BCUT2D eigenvalue weighted by atomic mass is 79.9. The van der Waals surface area contributed by atoms with Gasteiger partial charge < -0.3 is 9.47 Å². The minimum atomic E-state index is -0.447. The highest BCUT2D eigenvalue weighted by molar-refractivity contribution is 9.09. The summed E-state index contributed by atoms with van der Waals surface area (Å²) in [7, 11) is 0. The molecule has 0 radical (unpaired) electrons. The molecule has 0 saturated heterocycles. The maximum Gasteiger partial charge on any atom is 0.244 e. The normalized spacial score (nSPS) is 21.3. The van der Waals surface area contributed by atoms with Crippen LogP contribution in [-0.4, -0.2) is 11.1 Å². The van der Waals surface area contributed by atoms with Crippen molar-refractivity contribution >= 4 is 15.9 Å². The maximum atomic E-state index is 5.40. The zero-order valence-corrected chi connectivity index (χ0v) is 7.77. The van der Waals surface area contributed by atoms with Gasteiger partial charge in [-0.1, -0.05) is 15.9 Å². The molecule has 0 fully saturated rings. The van der Waals surface area contributed by atoms with Crippen molar-refractivity contribution in [2.24, 2.45) is 0 Å². The first kappa shape index (κ1) is 7.92. The van der Waals surface area contributed by atoms with E-state index in [2.05, 4.69) is 15.9 Å². The van der Waals surface area contributed by atoms with Gasteiger partial charge in [0.15, 0.2) is 0 Å². The number of allylic oxidation sites excluding steroid dienone is 1. The van der Waals surface area contributed by atoms with Crippen LogP contribution in [0.3, 0.4) is 0 Å². The van der Waals surface area contributed by atoms with E-state index in [-0.39, 0.29) is 0 Å². The molecule has 3 heteroatoms.